The summed E-state index contributed by atoms with van der Waals surface area (Å²) in [6.07, 6.45) is 0. The number of esters is 1. The van der Waals surface area contributed by atoms with Gasteiger partial charge in [0.2, 0.25) is 5.91 Å². The summed E-state index contributed by atoms with van der Waals surface area (Å²) in [6.45, 7) is 4.61. The van der Waals surface area contributed by atoms with Crippen LogP contribution in [-0.2, 0) is 19.1 Å². The van der Waals surface area contributed by atoms with Crippen LogP contribution in [-0.4, -0.2) is 107 Å². The van der Waals surface area contributed by atoms with Crippen molar-refractivity contribution in [2.24, 2.45) is 0 Å². The van der Waals surface area contributed by atoms with E-state index in [1.54, 1.807) is 37.1 Å². The van der Waals surface area contributed by atoms with E-state index in [2.05, 4.69) is 10.2 Å². The molecule has 0 aromatic heterocycles. The smallest absolute Gasteiger partial charge is 0.338 e. The number of amides is 3. The minimum atomic E-state index is -0.749. The number of nitrogens with one attached hydrogen (secondary N) is 1. The van der Waals surface area contributed by atoms with Crippen molar-refractivity contribution in [1.82, 2.24) is 20.0 Å². The lowest BCUT2D eigenvalue weighted by atomic mass is 9.93. The van der Waals surface area contributed by atoms with Crippen LogP contribution in [0.1, 0.15) is 18.5 Å². The third-order valence-electron chi connectivity index (χ3n) is 6.15. The second-order valence-corrected chi connectivity index (χ2v) is 8.26. The van der Waals surface area contributed by atoms with Crippen LogP contribution >= 0.6 is 0 Å². The number of rotatable bonds is 9. The number of urea groups is 1. The maximum absolute atomic E-state index is 13.2. The minimum absolute atomic E-state index is 0.0484. The highest BCUT2D eigenvalue weighted by molar-refractivity contribution is 5.95. The first-order valence-electron chi connectivity index (χ1n) is 11.5. The van der Waals surface area contributed by atoms with Gasteiger partial charge in [-0.1, -0.05) is 0 Å². The largest absolute Gasteiger partial charge is 0.497 e. The Hall–Kier alpha value is -3.31. The molecule has 192 valence electrons. The number of piperazine rings is 1. The van der Waals surface area contributed by atoms with E-state index < -0.39 is 12.0 Å². The summed E-state index contributed by atoms with van der Waals surface area (Å²) < 4.78 is 21.1. The van der Waals surface area contributed by atoms with E-state index in [0.717, 1.165) is 0 Å². The molecule has 0 saturated carbocycles. The third-order valence-corrected chi connectivity index (χ3v) is 6.15. The first-order chi connectivity index (χ1) is 16.8. The molecule has 11 nitrogen and oxygen atoms in total. The van der Waals surface area contributed by atoms with Crippen LogP contribution in [0.5, 0.6) is 11.5 Å². The van der Waals surface area contributed by atoms with Gasteiger partial charge in [-0.05, 0) is 24.6 Å². The monoisotopic (exact) mass is 490 g/mol. The van der Waals surface area contributed by atoms with E-state index in [9.17, 15) is 14.4 Å². The van der Waals surface area contributed by atoms with E-state index in [-0.39, 0.29) is 25.2 Å². The number of carbonyl (C=O) groups is 3. The minimum Gasteiger partial charge on any atom is -0.497 e. The molecular weight excluding hydrogens is 456 g/mol. The van der Waals surface area contributed by atoms with Crippen molar-refractivity contribution < 1.29 is 33.3 Å². The van der Waals surface area contributed by atoms with Crippen molar-refractivity contribution in [3.05, 3.63) is 35.0 Å². The second-order valence-electron chi connectivity index (χ2n) is 8.26. The quantitative estimate of drug-likeness (QED) is 0.511. The molecule has 1 aromatic carbocycles. The van der Waals surface area contributed by atoms with Gasteiger partial charge in [-0.2, -0.15) is 0 Å². The zero-order chi connectivity index (χ0) is 25.5. The Morgan fingerprint density at radius 3 is 2.20 bits per heavy atom. The molecular formula is C24H34N4O7. The Balaban J connectivity index is 1.96. The van der Waals surface area contributed by atoms with E-state index >= 15 is 0 Å². The van der Waals surface area contributed by atoms with Gasteiger partial charge in [0.15, 0.2) is 0 Å². The summed E-state index contributed by atoms with van der Waals surface area (Å²) in [5.74, 6) is 0.512. The summed E-state index contributed by atoms with van der Waals surface area (Å²) >= 11 is 0. The average Bonchev–Trinajstić information content (AvgIpc) is 2.86. The van der Waals surface area contributed by atoms with Gasteiger partial charge in [0, 0.05) is 58.6 Å². The SMILES string of the molecule is CCOC(=O)C1=C(CN2CCN(C(=O)COC)CC2)N(C)C(=O)NC1c1cc(OC)cc(OC)c1. The van der Waals surface area contributed by atoms with Crippen LogP contribution in [0.4, 0.5) is 4.79 Å². The molecule has 35 heavy (non-hydrogen) atoms. The highest BCUT2D eigenvalue weighted by Gasteiger charge is 2.38. The van der Waals surface area contributed by atoms with Gasteiger partial charge in [-0.3, -0.25) is 14.6 Å². The summed E-state index contributed by atoms with van der Waals surface area (Å²) in [4.78, 5) is 43.6. The molecule has 1 N–H and O–H groups in total. The second kappa shape index (κ2) is 11.9. The Morgan fingerprint density at radius 2 is 1.66 bits per heavy atom. The number of hydrogen-bond donors (Lipinski definition) is 1. The standard InChI is InChI=1S/C24H34N4O7/c1-6-35-23(30)21-19(14-27-7-9-28(10-8-27)20(29)15-32-3)26(2)24(31)25-22(21)16-11-17(33-4)13-18(12-16)34-5/h11-13,22H,6-10,14-15H2,1-5H3,(H,25,31). The maximum Gasteiger partial charge on any atom is 0.338 e. The van der Waals surface area contributed by atoms with Gasteiger partial charge in [-0.25, -0.2) is 9.59 Å². The Bertz CT molecular complexity index is 950. The van der Waals surface area contributed by atoms with Crippen molar-refractivity contribution in [2.45, 2.75) is 13.0 Å². The highest BCUT2D eigenvalue weighted by atomic mass is 16.5. The zero-order valence-electron chi connectivity index (χ0n) is 21.0. The van der Waals surface area contributed by atoms with E-state index in [0.29, 0.717) is 61.1 Å². The predicted molar refractivity (Wildman–Crippen MR) is 127 cm³/mol. The number of likely N-dealkylation sites (N-methyl/N-ethyl adjacent to an activating group) is 1. The first kappa shape index (κ1) is 26.3. The van der Waals surface area contributed by atoms with Crippen LogP contribution < -0.4 is 14.8 Å². The van der Waals surface area contributed by atoms with Crippen LogP contribution in [0.25, 0.3) is 0 Å². The summed E-state index contributed by atoms with van der Waals surface area (Å²) in [6, 6.07) is 4.15. The molecule has 0 spiro atoms. The normalized spacial score (nSPS) is 18.9. The molecule has 11 heteroatoms. The Kier molecular flexibility index (Phi) is 8.94. The fourth-order valence-electron chi connectivity index (χ4n) is 4.23. The molecule has 0 aliphatic carbocycles. The van der Waals surface area contributed by atoms with E-state index in [4.69, 9.17) is 18.9 Å². The number of nitrogens with zero attached hydrogens (tertiary/aromatic N) is 3. The lowest BCUT2D eigenvalue weighted by molar-refractivity contribution is -0.139. The Morgan fingerprint density at radius 1 is 1.03 bits per heavy atom. The molecule has 3 amide bonds. The fraction of sp³-hybridized carbons (Fsp3) is 0.542. The summed E-state index contributed by atoms with van der Waals surface area (Å²) in [5.41, 5.74) is 1.54. The zero-order valence-corrected chi connectivity index (χ0v) is 21.0. The van der Waals surface area contributed by atoms with Crippen LogP contribution in [0.3, 0.4) is 0 Å². The summed E-state index contributed by atoms with van der Waals surface area (Å²) in [5, 5.41) is 2.91. The van der Waals surface area contributed by atoms with Gasteiger partial charge in [0.25, 0.3) is 0 Å². The van der Waals surface area contributed by atoms with Gasteiger partial charge < -0.3 is 29.2 Å². The van der Waals surface area contributed by atoms with Crippen molar-refractivity contribution in [1.29, 1.82) is 0 Å². The molecule has 2 heterocycles. The molecule has 0 radical (unpaired) electrons. The molecule has 2 aliphatic rings. The molecule has 1 atom stereocenters. The number of ether oxygens (including phenoxy) is 4. The summed E-state index contributed by atoms with van der Waals surface area (Å²) in [7, 11) is 6.20. The number of hydrogen-bond acceptors (Lipinski definition) is 8. The van der Waals surface area contributed by atoms with Crippen LogP contribution in [0.15, 0.2) is 29.5 Å². The Labute approximate surface area is 205 Å². The molecule has 3 rings (SSSR count). The number of carbonyl (C=O) groups excluding carboxylic acids is 3. The van der Waals surface area contributed by atoms with Crippen LogP contribution in [0, 0.1) is 0 Å². The molecule has 1 aromatic rings. The van der Waals surface area contributed by atoms with Crippen LogP contribution in [0.2, 0.25) is 0 Å². The van der Waals surface area contributed by atoms with Crippen molar-refractivity contribution in [3.63, 3.8) is 0 Å². The number of benzene rings is 1. The molecule has 2 aliphatic heterocycles. The maximum atomic E-state index is 13.2. The third kappa shape index (κ3) is 6.04. The van der Waals surface area contributed by atoms with Crippen molar-refractivity contribution in [2.75, 3.05) is 74.3 Å². The van der Waals surface area contributed by atoms with Gasteiger partial charge in [0.05, 0.1) is 32.4 Å². The lowest BCUT2D eigenvalue weighted by Crippen LogP contribution is -2.53. The topological polar surface area (TPSA) is 110 Å². The average molecular weight is 491 g/mol. The molecule has 1 unspecified atom stereocenters. The van der Waals surface area contributed by atoms with Gasteiger partial charge >= 0.3 is 12.0 Å². The highest BCUT2D eigenvalue weighted by Crippen LogP contribution is 2.35. The fourth-order valence-corrected chi connectivity index (χ4v) is 4.23. The number of methoxy groups -OCH3 is 3. The molecule has 1 fully saturated rings. The van der Waals surface area contributed by atoms with Gasteiger partial charge in [-0.15, -0.1) is 0 Å². The first-order valence-corrected chi connectivity index (χ1v) is 11.5. The van der Waals surface area contributed by atoms with E-state index in [1.807, 2.05) is 0 Å². The van der Waals surface area contributed by atoms with Gasteiger partial charge in [0.1, 0.15) is 18.1 Å². The van der Waals surface area contributed by atoms with E-state index in [1.165, 1.54) is 26.2 Å². The predicted octanol–water partition coefficient (Wildman–Crippen LogP) is 1.01. The molecule has 1 saturated heterocycles. The molecule has 0 bridgehead atoms. The van der Waals surface area contributed by atoms with Crippen molar-refractivity contribution in [3.8, 4) is 11.5 Å². The lowest BCUT2D eigenvalue weighted by Gasteiger charge is -2.39. The van der Waals surface area contributed by atoms with Crippen molar-refractivity contribution >= 4 is 17.9 Å².